The van der Waals surface area contributed by atoms with E-state index in [2.05, 4.69) is 15.5 Å². The van der Waals surface area contributed by atoms with Crippen LogP contribution in [0.4, 0.5) is 19.3 Å². The van der Waals surface area contributed by atoms with Gasteiger partial charge in [0.05, 0.1) is 29.5 Å². The summed E-state index contributed by atoms with van der Waals surface area (Å²) in [5.74, 6) is -5.36. The Balaban J connectivity index is 1.97. The number of barbiturate groups is 1. The Kier molecular flexibility index (Phi) is 4.77. The van der Waals surface area contributed by atoms with Crippen molar-refractivity contribution in [2.75, 3.05) is 18.0 Å². The number of morpholine rings is 1. The number of ketones is 1. The number of anilines is 1. The standard InChI is InChI=1S/C20H18F2N4O5/c1-8-7-26-15-10(4-11(12(27)6-23-3)13(21)14(15)22)5-20(16(26)9(2)31-8)17(28)24-19(30)25-18(20)29/h4,8-9,16H,5-7H2,1-2H3,(H2,24,25,28,29,30)/t8-,9+,16-/m1/s1. The number of hydrogen-bond acceptors (Lipinski definition) is 6. The SMILES string of the molecule is [C-]#[N+]CC(=O)c1cc2c(c(F)c1F)N1C[C@@H](C)O[C@@H](C)[C@@H]1C1(C2)C(=O)NC(=O)NC1=O. The Morgan fingerprint density at radius 3 is 2.52 bits per heavy atom. The molecule has 3 aliphatic rings. The third-order valence-corrected chi connectivity index (χ3v) is 5.99. The highest BCUT2D eigenvalue weighted by molar-refractivity contribution is 6.20. The van der Waals surface area contributed by atoms with E-state index in [9.17, 15) is 23.6 Å². The number of ether oxygens (including phenoxy) is 1. The van der Waals surface area contributed by atoms with Crippen LogP contribution in [0.15, 0.2) is 6.07 Å². The predicted octanol–water partition coefficient (Wildman–Crippen LogP) is 0.957. The van der Waals surface area contributed by atoms with Crippen molar-refractivity contribution in [3.63, 3.8) is 0 Å². The first kappa shape index (κ1) is 20.9. The topological polar surface area (TPSA) is 109 Å². The number of benzene rings is 1. The molecular formula is C20H18F2N4O5. The third-order valence-electron chi connectivity index (χ3n) is 5.99. The van der Waals surface area contributed by atoms with Crippen LogP contribution < -0.4 is 15.5 Å². The molecule has 1 aromatic rings. The third kappa shape index (κ3) is 2.90. The molecule has 9 nitrogen and oxygen atoms in total. The monoisotopic (exact) mass is 432 g/mol. The van der Waals surface area contributed by atoms with Crippen LogP contribution in [0.25, 0.3) is 4.85 Å². The maximum Gasteiger partial charge on any atom is 0.328 e. The normalized spacial score (nSPS) is 26.5. The maximum absolute atomic E-state index is 15.2. The van der Waals surface area contributed by atoms with Crippen LogP contribution >= 0.6 is 0 Å². The second-order valence-electron chi connectivity index (χ2n) is 7.93. The van der Waals surface area contributed by atoms with Crippen molar-refractivity contribution >= 4 is 29.3 Å². The quantitative estimate of drug-likeness (QED) is 0.409. The zero-order valence-corrected chi connectivity index (χ0v) is 16.6. The highest BCUT2D eigenvalue weighted by atomic mass is 19.2. The van der Waals surface area contributed by atoms with Gasteiger partial charge in [-0.1, -0.05) is 0 Å². The van der Waals surface area contributed by atoms with Crippen LogP contribution in [0.5, 0.6) is 0 Å². The molecule has 2 saturated heterocycles. The predicted molar refractivity (Wildman–Crippen MR) is 101 cm³/mol. The molecule has 3 atom stereocenters. The van der Waals surface area contributed by atoms with Gasteiger partial charge in [0.15, 0.2) is 17.0 Å². The van der Waals surface area contributed by atoms with Crippen LogP contribution in [-0.4, -0.2) is 55.0 Å². The highest BCUT2D eigenvalue weighted by Gasteiger charge is 2.63. The molecule has 0 aliphatic carbocycles. The van der Waals surface area contributed by atoms with Gasteiger partial charge in [-0.3, -0.25) is 25.0 Å². The van der Waals surface area contributed by atoms with Gasteiger partial charge in [0.2, 0.25) is 17.6 Å². The van der Waals surface area contributed by atoms with Crippen molar-refractivity contribution in [3.8, 4) is 0 Å². The van der Waals surface area contributed by atoms with Gasteiger partial charge in [0, 0.05) is 13.0 Å². The smallest absolute Gasteiger partial charge is 0.328 e. The number of imide groups is 2. The van der Waals surface area contributed by atoms with Crippen molar-refractivity contribution in [1.29, 1.82) is 0 Å². The van der Waals surface area contributed by atoms with Gasteiger partial charge < -0.3 is 14.5 Å². The molecule has 0 radical (unpaired) electrons. The summed E-state index contributed by atoms with van der Waals surface area (Å²) in [6.45, 7) is 9.50. The Bertz CT molecular complexity index is 1060. The number of Topliss-reactive ketones (excluding diaryl/α,β-unsaturated/α-hetero) is 1. The molecule has 0 aromatic heterocycles. The maximum atomic E-state index is 15.2. The van der Waals surface area contributed by atoms with Crippen LogP contribution in [-0.2, 0) is 20.7 Å². The van der Waals surface area contributed by atoms with E-state index in [1.807, 2.05) is 0 Å². The number of hydrogen-bond donors (Lipinski definition) is 2. The molecule has 0 unspecified atom stereocenters. The lowest BCUT2D eigenvalue weighted by Crippen LogP contribution is -2.75. The van der Waals surface area contributed by atoms with Gasteiger partial charge in [-0.05, 0) is 25.5 Å². The second kappa shape index (κ2) is 7.09. The van der Waals surface area contributed by atoms with E-state index in [0.717, 1.165) is 6.07 Å². The molecule has 3 aliphatic heterocycles. The van der Waals surface area contributed by atoms with Gasteiger partial charge >= 0.3 is 6.03 Å². The van der Waals surface area contributed by atoms with Gasteiger partial charge in [-0.2, -0.15) is 0 Å². The first-order valence-corrected chi connectivity index (χ1v) is 9.58. The van der Waals surface area contributed by atoms with Gasteiger partial charge in [-0.25, -0.2) is 20.1 Å². The van der Waals surface area contributed by atoms with E-state index in [4.69, 9.17) is 11.3 Å². The van der Waals surface area contributed by atoms with Crippen molar-refractivity contribution < 1.29 is 32.7 Å². The number of fused-ring (bicyclic) bond motifs is 4. The average Bonchev–Trinajstić information content (AvgIpc) is 2.68. The summed E-state index contributed by atoms with van der Waals surface area (Å²) in [6, 6.07) is -0.919. The molecule has 1 aromatic carbocycles. The van der Waals surface area contributed by atoms with E-state index in [0.29, 0.717) is 0 Å². The lowest BCUT2D eigenvalue weighted by molar-refractivity contribution is -0.153. The minimum Gasteiger partial charge on any atom is -0.372 e. The fourth-order valence-corrected chi connectivity index (χ4v) is 4.90. The molecule has 162 valence electrons. The number of nitrogens with zero attached hydrogens (tertiary/aromatic N) is 2. The minimum atomic E-state index is -1.87. The average molecular weight is 432 g/mol. The van der Waals surface area contributed by atoms with E-state index in [1.165, 1.54) is 4.90 Å². The van der Waals surface area contributed by atoms with Crippen LogP contribution in [0.3, 0.4) is 0 Å². The van der Waals surface area contributed by atoms with E-state index < -0.39 is 71.0 Å². The Morgan fingerprint density at radius 1 is 1.26 bits per heavy atom. The summed E-state index contributed by atoms with van der Waals surface area (Å²) in [6.07, 6.45) is -1.56. The number of rotatable bonds is 2. The molecule has 0 bridgehead atoms. The molecule has 1 spiro atoms. The minimum absolute atomic E-state index is 0.0456. The number of carbonyl (C=O) groups is 4. The lowest BCUT2D eigenvalue weighted by Gasteiger charge is -2.55. The first-order chi connectivity index (χ1) is 14.6. The van der Waals surface area contributed by atoms with Crippen molar-refractivity contribution in [3.05, 3.63) is 40.2 Å². The molecule has 4 amide bonds. The summed E-state index contributed by atoms with van der Waals surface area (Å²) in [4.78, 5) is 54.2. The fraction of sp³-hybridized carbons (Fsp3) is 0.450. The zero-order chi connectivity index (χ0) is 22.7. The van der Waals surface area contributed by atoms with Gasteiger partial charge in [-0.15, -0.1) is 0 Å². The zero-order valence-electron chi connectivity index (χ0n) is 16.6. The number of amides is 4. The first-order valence-electron chi connectivity index (χ1n) is 9.58. The van der Waals surface area contributed by atoms with Crippen molar-refractivity contribution in [2.24, 2.45) is 5.41 Å². The largest absolute Gasteiger partial charge is 0.372 e. The number of urea groups is 1. The molecule has 3 heterocycles. The summed E-state index contributed by atoms with van der Waals surface area (Å²) in [5, 5.41) is 4.17. The Morgan fingerprint density at radius 2 is 1.90 bits per heavy atom. The Labute approximate surface area is 175 Å². The van der Waals surface area contributed by atoms with Gasteiger partial charge in [0.25, 0.3) is 6.54 Å². The molecule has 2 N–H and O–H groups in total. The molecule has 2 fully saturated rings. The van der Waals surface area contributed by atoms with E-state index in [1.54, 1.807) is 13.8 Å². The van der Waals surface area contributed by atoms with E-state index in [-0.39, 0.29) is 24.2 Å². The van der Waals surface area contributed by atoms with Crippen LogP contribution in [0.1, 0.15) is 29.8 Å². The Hall–Kier alpha value is -3.39. The molecule has 0 saturated carbocycles. The molecule has 4 rings (SSSR count). The van der Waals surface area contributed by atoms with E-state index >= 15 is 4.39 Å². The van der Waals surface area contributed by atoms with Gasteiger partial charge in [0.1, 0.15) is 0 Å². The fourth-order valence-electron chi connectivity index (χ4n) is 4.90. The van der Waals surface area contributed by atoms with Crippen LogP contribution in [0, 0.1) is 23.6 Å². The number of nitrogens with one attached hydrogen (secondary N) is 2. The molecule has 11 heteroatoms. The summed E-state index contributed by atoms with van der Waals surface area (Å²) in [5.41, 5.74) is -2.59. The van der Waals surface area contributed by atoms with Crippen molar-refractivity contribution in [2.45, 2.75) is 38.5 Å². The summed E-state index contributed by atoms with van der Waals surface area (Å²) in [7, 11) is 0. The molecule has 31 heavy (non-hydrogen) atoms. The lowest BCUT2D eigenvalue weighted by atomic mass is 9.66. The number of carbonyl (C=O) groups excluding carboxylic acids is 4. The summed E-state index contributed by atoms with van der Waals surface area (Å²) >= 11 is 0. The highest BCUT2D eigenvalue weighted by Crippen LogP contribution is 2.48. The van der Waals surface area contributed by atoms with Crippen molar-refractivity contribution in [1.82, 2.24) is 10.6 Å². The van der Waals surface area contributed by atoms with Crippen LogP contribution in [0.2, 0.25) is 0 Å². The summed E-state index contributed by atoms with van der Waals surface area (Å²) < 4.78 is 35.8. The molecular weight excluding hydrogens is 414 g/mol. The second-order valence-corrected chi connectivity index (χ2v) is 7.93. The number of halogens is 2.